The molecule has 0 aromatic carbocycles. The molecule has 0 radical (unpaired) electrons. The van der Waals surface area contributed by atoms with Crippen LogP contribution in [0.25, 0.3) is 0 Å². The molecule has 0 aromatic heterocycles. The van der Waals surface area contributed by atoms with E-state index in [1.54, 1.807) is 0 Å². The summed E-state index contributed by atoms with van der Waals surface area (Å²) in [6.07, 6.45) is 6.08. The minimum atomic E-state index is -0.0347. The zero-order chi connectivity index (χ0) is 9.84. The molecule has 1 aliphatic carbocycles. The van der Waals surface area contributed by atoms with Crippen LogP contribution in [0.3, 0.4) is 0 Å². The summed E-state index contributed by atoms with van der Waals surface area (Å²) < 4.78 is 0. The SMILES string of the molecule is CC(C)CC(O)C1CCC(C)CC1. The lowest BCUT2D eigenvalue weighted by Crippen LogP contribution is -2.26. The fraction of sp³-hybridized carbons (Fsp3) is 1.00. The van der Waals surface area contributed by atoms with Crippen LogP contribution in [0.15, 0.2) is 0 Å². The van der Waals surface area contributed by atoms with Crippen molar-refractivity contribution in [2.24, 2.45) is 17.8 Å². The van der Waals surface area contributed by atoms with Gasteiger partial charge in [-0.1, -0.05) is 33.6 Å². The number of hydrogen-bond donors (Lipinski definition) is 1. The highest BCUT2D eigenvalue weighted by Crippen LogP contribution is 2.32. The Morgan fingerprint density at radius 1 is 1.15 bits per heavy atom. The van der Waals surface area contributed by atoms with Gasteiger partial charge in [0, 0.05) is 0 Å². The Labute approximate surface area is 82.5 Å². The molecule has 0 aliphatic heterocycles. The molecule has 1 heteroatoms. The first-order chi connectivity index (χ1) is 6.09. The van der Waals surface area contributed by atoms with Gasteiger partial charge < -0.3 is 5.11 Å². The molecule has 1 unspecified atom stereocenters. The van der Waals surface area contributed by atoms with Crippen molar-refractivity contribution in [1.82, 2.24) is 0 Å². The Hall–Kier alpha value is -0.0400. The van der Waals surface area contributed by atoms with Gasteiger partial charge in [-0.05, 0) is 37.0 Å². The molecular formula is C12H24O. The van der Waals surface area contributed by atoms with E-state index >= 15 is 0 Å². The molecule has 1 rings (SSSR count). The van der Waals surface area contributed by atoms with Gasteiger partial charge in [0.05, 0.1) is 6.10 Å². The van der Waals surface area contributed by atoms with Crippen LogP contribution in [-0.2, 0) is 0 Å². The Kier molecular flexibility index (Phi) is 4.24. The van der Waals surface area contributed by atoms with Gasteiger partial charge in [-0.2, -0.15) is 0 Å². The lowest BCUT2D eigenvalue weighted by molar-refractivity contribution is 0.0588. The standard InChI is InChI=1S/C12H24O/c1-9(2)8-12(13)11-6-4-10(3)5-7-11/h9-13H,4-8H2,1-3H3. The molecule has 1 aliphatic rings. The second kappa shape index (κ2) is 4.99. The van der Waals surface area contributed by atoms with E-state index in [0.717, 1.165) is 12.3 Å². The zero-order valence-electron chi connectivity index (χ0n) is 9.29. The molecule has 78 valence electrons. The van der Waals surface area contributed by atoms with Crippen molar-refractivity contribution in [2.45, 2.75) is 59.0 Å². The summed E-state index contributed by atoms with van der Waals surface area (Å²) in [7, 11) is 0. The van der Waals surface area contributed by atoms with Crippen molar-refractivity contribution >= 4 is 0 Å². The summed E-state index contributed by atoms with van der Waals surface area (Å²) in [4.78, 5) is 0. The van der Waals surface area contributed by atoms with E-state index in [1.165, 1.54) is 25.7 Å². The first-order valence-corrected chi connectivity index (χ1v) is 5.77. The van der Waals surface area contributed by atoms with Crippen LogP contribution in [-0.4, -0.2) is 11.2 Å². The van der Waals surface area contributed by atoms with E-state index in [-0.39, 0.29) is 6.10 Å². The first kappa shape index (κ1) is 11.0. The second-order valence-electron chi connectivity index (χ2n) is 5.22. The largest absolute Gasteiger partial charge is 0.393 e. The molecular weight excluding hydrogens is 160 g/mol. The van der Waals surface area contributed by atoms with Gasteiger partial charge in [-0.25, -0.2) is 0 Å². The average Bonchev–Trinajstić information content (AvgIpc) is 2.04. The van der Waals surface area contributed by atoms with Crippen LogP contribution in [0.4, 0.5) is 0 Å². The van der Waals surface area contributed by atoms with Crippen molar-refractivity contribution in [3.05, 3.63) is 0 Å². The normalized spacial score (nSPS) is 32.1. The zero-order valence-corrected chi connectivity index (χ0v) is 9.29. The third-order valence-corrected chi connectivity index (χ3v) is 3.32. The summed E-state index contributed by atoms with van der Waals surface area (Å²) in [6.45, 7) is 6.70. The molecule has 0 bridgehead atoms. The van der Waals surface area contributed by atoms with Gasteiger partial charge in [0.25, 0.3) is 0 Å². The van der Waals surface area contributed by atoms with Crippen molar-refractivity contribution in [2.75, 3.05) is 0 Å². The molecule has 1 fully saturated rings. The maximum absolute atomic E-state index is 9.93. The smallest absolute Gasteiger partial charge is 0.0570 e. The van der Waals surface area contributed by atoms with Crippen LogP contribution in [0, 0.1) is 17.8 Å². The van der Waals surface area contributed by atoms with Crippen molar-refractivity contribution in [1.29, 1.82) is 0 Å². The van der Waals surface area contributed by atoms with E-state index in [9.17, 15) is 5.11 Å². The van der Waals surface area contributed by atoms with Crippen LogP contribution < -0.4 is 0 Å². The molecule has 13 heavy (non-hydrogen) atoms. The highest BCUT2D eigenvalue weighted by atomic mass is 16.3. The van der Waals surface area contributed by atoms with Crippen molar-refractivity contribution in [3.8, 4) is 0 Å². The Morgan fingerprint density at radius 3 is 2.15 bits per heavy atom. The summed E-state index contributed by atoms with van der Waals surface area (Å²) in [5, 5.41) is 9.93. The molecule has 1 atom stereocenters. The van der Waals surface area contributed by atoms with Gasteiger partial charge in [-0.15, -0.1) is 0 Å². The quantitative estimate of drug-likeness (QED) is 0.714. The van der Waals surface area contributed by atoms with Crippen LogP contribution in [0.2, 0.25) is 0 Å². The second-order valence-corrected chi connectivity index (χ2v) is 5.22. The lowest BCUT2D eigenvalue weighted by atomic mass is 9.78. The number of hydrogen-bond acceptors (Lipinski definition) is 1. The molecule has 1 nitrogen and oxygen atoms in total. The molecule has 0 saturated heterocycles. The Balaban J connectivity index is 2.27. The Bertz CT molecular complexity index is 134. The van der Waals surface area contributed by atoms with Crippen molar-refractivity contribution in [3.63, 3.8) is 0 Å². The molecule has 1 saturated carbocycles. The Morgan fingerprint density at radius 2 is 1.69 bits per heavy atom. The van der Waals surface area contributed by atoms with Crippen LogP contribution >= 0.6 is 0 Å². The van der Waals surface area contributed by atoms with E-state index in [0.29, 0.717) is 11.8 Å². The van der Waals surface area contributed by atoms with E-state index in [2.05, 4.69) is 20.8 Å². The number of rotatable bonds is 3. The summed E-state index contributed by atoms with van der Waals surface area (Å²) in [5.41, 5.74) is 0. The van der Waals surface area contributed by atoms with Crippen LogP contribution in [0.1, 0.15) is 52.9 Å². The first-order valence-electron chi connectivity index (χ1n) is 5.77. The molecule has 0 spiro atoms. The lowest BCUT2D eigenvalue weighted by Gasteiger charge is -2.30. The average molecular weight is 184 g/mol. The highest BCUT2D eigenvalue weighted by Gasteiger charge is 2.24. The van der Waals surface area contributed by atoms with Gasteiger partial charge in [0.2, 0.25) is 0 Å². The molecule has 1 N–H and O–H groups in total. The van der Waals surface area contributed by atoms with E-state index in [4.69, 9.17) is 0 Å². The molecule has 0 aromatic rings. The van der Waals surface area contributed by atoms with Gasteiger partial charge in [0.1, 0.15) is 0 Å². The van der Waals surface area contributed by atoms with E-state index in [1.807, 2.05) is 0 Å². The predicted octanol–water partition coefficient (Wildman–Crippen LogP) is 3.22. The fourth-order valence-electron chi connectivity index (χ4n) is 2.35. The van der Waals surface area contributed by atoms with E-state index < -0.39 is 0 Å². The van der Waals surface area contributed by atoms with Gasteiger partial charge >= 0.3 is 0 Å². The summed E-state index contributed by atoms with van der Waals surface area (Å²) in [6, 6.07) is 0. The number of aliphatic hydroxyl groups excluding tert-OH is 1. The fourth-order valence-corrected chi connectivity index (χ4v) is 2.35. The summed E-state index contributed by atoms with van der Waals surface area (Å²) in [5.74, 6) is 2.12. The minimum absolute atomic E-state index is 0.0347. The predicted molar refractivity (Wildman–Crippen MR) is 56.6 cm³/mol. The third kappa shape index (κ3) is 3.68. The monoisotopic (exact) mass is 184 g/mol. The van der Waals surface area contributed by atoms with Crippen LogP contribution in [0.5, 0.6) is 0 Å². The maximum Gasteiger partial charge on any atom is 0.0570 e. The topological polar surface area (TPSA) is 20.2 Å². The number of aliphatic hydroxyl groups is 1. The van der Waals surface area contributed by atoms with Crippen molar-refractivity contribution < 1.29 is 5.11 Å². The van der Waals surface area contributed by atoms with Gasteiger partial charge in [-0.3, -0.25) is 0 Å². The summed E-state index contributed by atoms with van der Waals surface area (Å²) >= 11 is 0. The minimum Gasteiger partial charge on any atom is -0.393 e. The third-order valence-electron chi connectivity index (χ3n) is 3.32. The highest BCUT2D eigenvalue weighted by molar-refractivity contribution is 4.76. The maximum atomic E-state index is 9.93. The molecule has 0 amide bonds. The van der Waals surface area contributed by atoms with Gasteiger partial charge in [0.15, 0.2) is 0 Å². The molecule has 0 heterocycles.